The summed E-state index contributed by atoms with van der Waals surface area (Å²) in [6.07, 6.45) is 4.14. The van der Waals surface area contributed by atoms with Gasteiger partial charge in [-0.05, 0) is 40.0 Å². The molecule has 6 nitrogen and oxygen atoms in total. The molecule has 132 valence electrons. The van der Waals surface area contributed by atoms with E-state index in [0.717, 1.165) is 35.6 Å². The van der Waals surface area contributed by atoms with E-state index in [2.05, 4.69) is 16.9 Å². The molecular formula is C18H27N3O3. The third kappa shape index (κ3) is 3.52. The van der Waals surface area contributed by atoms with Crippen molar-refractivity contribution in [2.24, 2.45) is 5.41 Å². The number of carbonyl (C=O) groups excluding carboxylic acids is 1. The monoisotopic (exact) mass is 333 g/mol. The maximum Gasteiger partial charge on any atom is 0.314 e. The molecule has 0 amide bonds. The number of esters is 1. The molecule has 2 heterocycles. The van der Waals surface area contributed by atoms with Crippen LogP contribution in [0.15, 0.2) is 6.20 Å². The maximum atomic E-state index is 12.1. The van der Waals surface area contributed by atoms with E-state index < -0.39 is 5.41 Å². The van der Waals surface area contributed by atoms with Crippen LogP contribution in [0.5, 0.6) is 5.88 Å². The van der Waals surface area contributed by atoms with Crippen molar-refractivity contribution in [3.63, 3.8) is 0 Å². The Bertz CT molecular complexity index is 735. The largest absolute Gasteiger partial charge is 0.440 e. The molecule has 6 heteroatoms. The lowest BCUT2D eigenvalue weighted by atomic mass is 9.91. The van der Waals surface area contributed by atoms with Crippen molar-refractivity contribution >= 4 is 11.6 Å². The molecule has 0 radical (unpaired) electrons. The number of aryl methyl sites for hydroxylation is 3. The number of hydrogen-bond donors (Lipinski definition) is 0. The summed E-state index contributed by atoms with van der Waals surface area (Å²) in [7, 11) is 0. The highest BCUT2D eigenvalue weighted by molar-refractivity contribution is 5.75. The number of ether oxygens (including phenoxy) is 2. The summed E-state index contributed by atoms with van der Waals surface area (Å²) in [4.78, 5) is 21.2. The van der Waals surface area contributed by atoms with Crippen LogP contribution in [0.2, 0.25) is 0 Å². The van der Waals surface area contributed by atoms with Gasteiger partial charge >= 0.3 is 5.97 Å². The highest BCUT2D eigenvalue weighted by Gasteiger charge is 2.27. The second kappa shape index (κ2) is 7.20. The van der Waals surface area contributed by atoms with Crippen molar-refractivity contribution in [3.8, 4) is 5.88 Å². The Kier molecular flexibility index (Phi) is 5.47. The van der Waals surface area contributed by atoms with E-state index in [1.165, 1.54) is 0 Å². The van der Waals surface area contributed by atoms with Crippen LogP contribution in [0.3, 0.4) is 0 Å². The topological polar surface area (TPSA) is 65.7 Å². The van der Waals surface area contributed by atoms with Crippen LogP contribution in [-0.4, -0.2) is 27.1 Å². The number of rotatable bonds is 7. The third-order valence-electron chi connectivity index (χ3n) is 4.31. The Balaban J connectivity index is 2.25. The Morgan fingerprint density at radius 3 is 2.42 bits per heavy atom. The minimum absolute atomic E-state index is 0.119. The quantitative estimate of drug-likeness (QED) is 0.573. The molecule has 0 atom stereocenters. The van der Waals surface area contributed by atoms with Crippen LogP contribution in [0.4, 0.5) is 0 Å². The van der Waals surface area contributed by atoms with Crippen LogP contribution >= 0.6 is 0 Å². The first-order valence-corrected chi connectivity index (χ1v) is 8.51. The van der Waals surface area contributed by atoms with E-state index in [4.69, 9.17) is 9.47 Å². The van der Waals surface area contributed by atoms with Crippen molar-refractivity contribution in [2.45, 2.75) is 60.8 Å². The van der Waals surface area contributed by atoms with Crippen molar-refractivity contribution in [2.75, 3.05) is 6.79 Å². The zero-order chi connectivity index (χ0) is 17.9. The predicted octanol–water partition coefficient (Wildman–Crippen LogP) is 3.48. The number of aromatic nitrogens is 3. The second-order valence-corrected chi connectivity index (χ2v) is 6.52. The zero-order valence-electron chi connectivity index (χ0n) is 15.5. The van der Waals surface area contributed by atoms with E-state index in [1.807, 2.05) is 45.2 Å². The van der Waals surface area contributed by atoms with Gasteiger partial charge in [0.15, 0.2) is 5.65 Å². The molecule has 2 rings (SSSR count). The summed E-state index contributed by atoms with van der Waals surface area (Å²) in [5.74, 6) is 0.360. The molecular weight excluding hydrogens is 306 g/mol. The summed E-state index contributed by atoms with van der Waals surface area (Å²) in [5, 5.41) is 0. The van der Waals surface area contributed by atoms with Crippen molar-refractivity contribution in [3.05, 3.63) is 23.3 Å². The predicted molar refractivity (Wildman–Crippen MR) is 92.1 cm³/mol. The molecule has 0 aromatic carbocycles. The Labute approximate surface area is 143 Å². The fourth-order valence-electron chi connectivity index (χ4n) is 2.37. The number of hydrogen-bond acceptors (Lipinski definition) is 5. The number of carbonyl (C=O) groups is 1. The number of imidazole rings is 1. The van der Waals surface area contributed by atoms with E-state index in [0.29, 0.717) is 12.3 Å². The minimum Gasteiger partial charge on any atom is -0.440 e. The lowest BCUT2D eigenvalue weighted by Gasteiger charge is -2.20. The molecule has 0 N–H and O–H groups in total. The molecule has 0 aliphatic carbocycles. The van der Waals surface area contributed by atoms with Crippen molar-refractivity contribution < 1.29 is 14.3 Å². The molecule has 0 spiro atoms. The van der Waals surface area contributed by atoms with E-state index in [1.54, 1.807) is 0 Å². The molecule has 0 fully saturated rings. The van der Waals surface area contributed by atoms with Gasteiger partial charge in [-0.15, -0.1) is 0 Å². The fourth-order valence-corrected chi connectivity index (χ4v) is 2.37. The van der Waals surface area contributed by atoms with Gasteiger partial charge in [-0.3, -0.25) is 14.2 Å². The van der Waals surface area contributed by atoms with Gasteiger partial charge in [0.2, 0.25) is 12.7 Å². The first kappa shape index (κ1) is 18.2. The average Bonchev–Trinajstić information content (AvgIpc) is 2.91. The van der Waals surface area contributed by atoms with Crippen LogP contribution in [-0.2, 0) is 22.4 Å². The van der Waals surface area contributed by atoms with Gasteiger partial charge in [-0.2, -0.15) is 0 Å². The summed E-state index contributed by atoms with van der Waals surface area (Å²) in [6, 6.07) is 0. The van der Waals surface area contributed by atoms with Crippen molar-refractivity contribution in [1.82, 2.24) is 14.4 Å². The first-order chi connectivity index (χ1) is 11.3. The smallest absolute Gasteiger partial charge is 0.314 e. The van der Waals surface area contributed by atoms with Gasteiger partial charge in [-0.25, -0.2) is 4.98 Å². The van der Waals surface area contributed by atoms with Crippen LogP contribution < -0.4 is 4.74 Å². The molecule has 0 aliphatic rings. The Morgan fingerprint density at radius 1 is 1.17 bits per heavy atom. The third-order valence-corrected chi connectivity index (χ3v) is 4.31. The number of fused-ring (bicyclic) bond motifs is 1. The SMILES string of the molecule is CCc1nc2c(CC)nc(C)cn2c1OCOC(=O)C(C)(C)CC. The molecule has 0 saturated heterocycles. The lowest BCUT2D eigenvalue weighted by Crippen LogP contribution is -2.27. The van der Waals surface area contributed by atoms with Crippen molar-refractivity contribution in [1.29, 1.82) is 0 Å². The van der Waals surface area contributed by atoms with Crippen LogP contribution in [0.1, 0.15) is 58.1 Å². The average molecular weight is 333 g/mol. The van der Waals surface area contributed by atoms with Gasteiger partial charge in [0.1, 0.15) is 5.69 Å². The zero-order valence-corrected chi connectivity index (χ0v) is 15.5. The molecule has 0 saturated carbocycles. The molecule has 0 bridgehead atoms. The number of nitrogens with zero attached hydrogens (tertiary/aromatic N) is 3. The lowest BCUT2D eigenvalue weighted by molar-refractivity contribution is -0.161. The molecule has 0 unspecified atom stereocenters. The summed E-state index contributed by atoms with van der Waals surface area (Å²) in [5.41, 5.74) is 2.96. The normalized spacial score (nSPS) is 11.8. The van der Waals surface area contributed by atoms with Gasteiger partial charge in [0.05, 0.1) is 16.8 Å². The van der Waals surface area contributed by atoms with E-state index in [9.17, 15) is 4.79 Å². The summed E-state index contributed by atoms with van der Waals surface area (Å²) in [6.45, 7) is 11.6. The van der Waals surface area contributed by atoms with E-state index >= 15 is 0 Å². The van der Waals surface area contributed by atoms with Gasteiger partial charge in [0.25, 0.3) is 0 Å². The fraction of sp³-hybridized carbons (Fsp3) is 0.611. The highest BCUT2D eigenvalue weighted by atomic mass is 16.7. The molecule has 24 heavy (non-hydrogen) atoms. The standard InChI is InChI=1S/C18H27N3O3/c1-7-13-15-20-14(8-2)16(21(15)10-12(4)19-13)23-11-24-17(22)18(5,6)9-3/h10H,7-9,11H2,1-6H3. The van der Waals surface area contributed by atoms with Gasteiger partial charge in [0, 0.05) is 6.20 Å². The maximum absolute atomic E-state index is 12.1. The first-order valence-electron chi connectivity index (χ1n) is 8.51. The molecule has 0 aliphatic heterocycles. The Hall–Kier alpha value is -2.11. The van der Waals surface area contributed by atoms with Crippen LogP contribution in [0.25, 0.3) is 5.65 Å². The van der Waals surface area contributed by atoms with Gasteiger partial charge < -0.3 is 9.47 Å². The Morgan fingerprint density at radius 2 is 1.83 bits per heavy atom. The highest BCUT2D eigenvalue weighted by Crippen LogP contribution is 2.25. The second-order valence-electron chi connectivity index (χ2n) is 6.52. The molecule has 2 aromatic rings. The summed E-state index contributed by atoms with van der Waals surface area (Å²) < 4.78 is 13.0. The van der Waals surface area contributed by atoms with Gasteiger partial charge in [-0.1, -0.05) is 20.8 Å². The van der Waals surface area contributed by atoms with E-state index in [-0.39, 0.29) is 12.8 Å². The van der Waals surface area contributed by atoms with Crippen LogP contribution in [0, 0.1) is 12.3 Å². The molecule has 2 aromatic heterocycles. The summed E-state index contributed by atoms with van der Waals surface area (Å²) >= 11 is 0. The minimum atomic E-state index is -0.508.